The second-order valence-electron chi connectivity index (χ2n) is 7.62. The van der Waals surface area contributed by atoms with Gasteiger partial charge in [0, 0.05) is 10.7 Å². The third-order valence-electron chi connectivity index (χ3n) is 4.99. The minimum absolute atomic E-state index is 0.134. The lowest BCUT2D eigenvalue weighted by atomic mass is 10.1. The molecule has 0 atom stereocenters. The zero-order chi connectivity index (χ0) is 22.8. The number of amides is 1. The Morgan fingerprint density at radius 1 is 0.871 bits per heavy atom. The maximum atomic E-state index is 13.5. The van der Waals surface area contributed by atoms with E-state index in [1.807, 2.05) is 39.8 Å². The van der Waals surface area contributed by atoms with Gasteiger partial charge in [0.1, 0.15) is 6.54 Å². The van der Waals surface area contributed by atoms with Crippen LogP contribution in [0.1, 0.15) is 22.3 Å². The Labute approximate surface area is 188 Å². The van der Waals surface area contributed by atoms with Gasteiger partial charge in [-0.3, -0.25) is 9.10 Å². The van der Waals surface area contributed by atoms with Gasteiger partial charge in [-0.15, -0.1) is 0 Å². The Kier molecular flexibility index (Phi) is 6.72. The van der Waals surface area contributed by atoms with Gasteiger partial charge in [-0.25, -0.2) is 8.42 Å². The minimum atomic E-state index is -3.96. The predicted octanol–water partition coefficient (Wildman–Crippen LogP) is 5.41. The summed E-state index contributed by atoms with van der Waals surface area (Å²) in [4.78, 5) is 13.0. The van der Waals surface area contributed by atoms with Crippen molar-refractivity contribution in [3.63, 3.8) is 0 Å². The van der Waals surface area contributed by atoms with Gasteiger partial charge >= 0.3 is 0 Å². The first-order chi connectivity index (χ1) is 14.6. The number of nitrogens with one attached hydrogen (secondary N) is 1. The highest BCUT2D eigenvalue weighted by Crippen LogP contribution is 2.28. The molecule has 0 aromatic heterocycles. The largest absolute Gasteiger partial charge is 0.324 e. The molecule has 0 bridgehead atoms. The fraction of sp³-hybridized carbons (Fsp3) is 0.208. The summed E-state index contributed by atoms with van der Waals surface area (Å²) < 4.78 is 28.2. The number of benzene rings is 3. The molecule has 3 rings (SSSR count). The maximum Gasteiger partial charge on any atom is 0.264 e. The minimum Gasteiger partial charge on any atom is -0.324 e. The number of sulfonamides is 1. The second-order valence-corrected chi connectivity index (χ2v) is 9.92. The quantitative estimate of drug-likeness (QED) is 0.539. The SMILES string of the molecule is Cc1ccc(S(=O)(=O)N(CC(=O)Nc2ccc(Cl)cc2C)c2cc(C)ccc2C)cc1. The van der Waals surface area contributed by atoms with Crippen LogP contribution in [0.3, 0.4) is 0 Å². The van der Waals surface area contributed by atoms with E-state index in [9.17, 15) is 13.2 Å². The van der Waals surface area contributed by atoms with E-state index >= 15 is 0 Å². The van der Waals surface area contributed by atoms with E-state index < -0.39 is 15.9 Å². The van der Waals surface area contributed by atoms with Crippen molar-refractivity contribution in [2.45, 2.75) is 32.6 Å². The molecule has 1 amide bonds. The summed E-state index contributed by atoms with van der Waals surface area (Å²) >= 11 is 5.99. The van der Waals surface area contributed by atoms with Gasteiger partial charge in [0.05, 0.1) is 10.6 Å². The summed E-state index contributed by atoms with van der Waals surface area (Å²) in [5, 5.41) is 3.37. The molecule has 3 aromatic carbocycles. The molecule has 31 heavy (non-hydrogen) atoms. The lowest BCUT2D eigenvalue weighted by Gasteiger charge is -2.26. The molecule has 1 N–H and O–H groups in total. The zero-order valence-electron chi connectivity index (χ0n) is 17.9. The van der Waals surface area contributed by atoms with Crippen molar-refractivity contribution in [2.75, 3.05) is 16.2 Å². The molecule has 0 unspecified atom stereocenters. The highest BCUT2D eigenvalue weighted by Gasteiger charge is 2.28. The Morgan fingerprint density at radius 2 is 1.52 bits per heavy atom. The van der Waals surface area contributed by atoms with E-state index in [-0.39, 0.29) is 11.4 Å². The third kappa shape index (κ3) is 5.27. The summed E-state index contributed by atoms with van der Waals surface area (Å²) in [5.41, 5.74) is 4.47. The molecule has 0 aliphatic rings. The second kappa shape index (κ2) is 9.12. The Bertz CT molecular complexity index is 1220. The first-order valence-electron chi connectivity index (χ1n) is 9.80. The van der Waals surface area contributed by atoms with Gasteiger partial charge < -0.3 is 5.32 Å². The van der Waals surface area contributed by atoms with Crippen LogP contribution in [0.5, 0.6) is 0 Å². The van der Waals surface area contributed by atoms with Crippen LogP contribution in [-0.4, -0.2) is 20.9 Å². The van der Waals surface area contributed by atoms with Crippen LogP contribution in [-0.2, 0) is 14.8 Å². The van der Waals surface area contributed by atoms with E-state index in [4.69, 9.17) is 11.6 Å². The van der Waals surface area contributed by atoms with Crippen molar-refractivity contribution in [3.05, 3.63) is 87.9 Å². The number of hydrogen-bond donors (Lipinski definition) is 1. The van der Waals surface area contributed by atoms with E-state index in [0.717, 1.165) is 22.3 Å². The first-order valence-corrected chi connectivity index (χ1v) is 11.6. The number of aryl methyl sites for hydroxylation is 4. The van der Waals surface area contributed by atoms with Crippen LogP contribution in [0, 0.1) is 27.7 Å². The molecule has 3 aromatic rings. The van der Waals surface area contributed by atoms with Crippen LogP contribution in [0.4, 0.5) is 11.4 Å². The average molecular weight is 457 g/mol. The zero-order valence-corrected chi connectivity index (χ0v) is 19.5. The Hall–Kier alpha value is -2.83. The maximum absolute atomic E-state index is 13.5. The number of hydrogen-bond acceptors (Lipinski definition) is 3. The molecule has 162 valence electrons. The molecule has 0 aliphatic heterocycles. The van der Waals surface area contributed by atoms with Crippen LogP contribution >= 0.6 is 11.6 Å². The normalized spacial score (nSPS) is 11.3. The van der Waals surface area contributed by atoms with Crippen LogP contribution in [0.15, 0.2) is 65.6 Å². The molecular weight excluding hydrogens is 432 g/mol. The van der Waals surface area contributed by atoms with E-state index in [1.54, 1.807) is 48.5 Å². The highest BCUT2D eigenvalue weighted by atomic mass is 35.5. The molecule has 7 heteroatoms. The van der Waals surface area contributed by atoms with Crippen LogP contribution in [0.25, 0.3) is 0 Å². The number of carbonyl (C=O) groups is 1. The lowest BCUT2D eigenvalue weighted by Crippen LogP contribution is -2.38. The topological polar surface area (TPSA) is 66.5 Å². The summed E-state index contributed by atoms with van der Waals surface area (Å²) in [6, 6.07) is 17.3. The van der Waals surface area contributed by atoms with E-state index in [0.29, 0.717) is 16.4 Å². The number of rotatable bonds is 6. The Balaban J connectivity index is 2.00. The van der Waals surface area contributed by atoms with Gasteiger partial charge in [-0.05, 0) is 80.8 Å². The fourth-order valence-corrected chi connectivity index (χ4v) is 4.92. The van der Waals surface area contributed by atoms with E-state index in [2.05, 4.69) is 5.32 Å². The smallest absolute Gasteiger partial charge is 0.264 e. The Morgan fingerprint density at radius 3 is 2.16 bits per heavy atom. The third-order valence-corrected chi connectivity index (χ3v) is 7.00. The molecule has 0 spiro atoms. The molecule has 5 nitrogen and oxygen atoms in total. The molecule has 0 heterocycles. The molecule has 0 radical (unpaired) electrons. The molecular formula is C24H25ClN2O3S. The molecule has 0 fully saturated rings. The summed E-state index contributed by atoms with van der Waals surface area (Å²) in [6.07, 6.45) is 0. The highest BCUT2D eigenvalue weighted by molar-refractivity contribution is 7.92. The molecule has 0 saturated carbocycles. The van der Waals surface area contributed by atoms with Gasteiger partial charge in [0.25, 0.3) is 10.0 Å². The van der Waals surface area contributed by atoms with Crippen molar-refractivity contribution in [1.82, 2.24) is 0 Å². The average Bonchev–Trinajstić information content (AvgIpc) is 2.70. The monoisotopic (exact) mass is 456 g/mol. The van der Waals surface area contributed by atoms with Crippen LogP contribution < -0.4 is 9.62 Å². The lowest BCUT2D eigenvalue weighted by molar-refractivity contribution is -0.114. The summed E-state index contributed by atoms with van der Waals surface area (Å²) in [7, 11) is -3.96. The predicted molar refractivity (Wildman–Crippen MR) is 126 cm³/mol. The summed E-state index contributed by atoms with van der Waals surface area (Å²) in [6.45, 7) is 7.07. The van der Waals surface area contributed by atoms with Crippen molar-refractivity contribution < 1.29 is 13.2 Å². The van der Waals surface area contributed by atoms with Crippen molar-refractivity contribution in [3.8, 4) is 0 Å². The standard InChI is InChI=1S/C24H25ClN2O3S/c1-16-6-10-21(11-7-16)31(29,30)27(23-13-17(2)5-8-18(23)3)15-24(28)26-22-12-9-20(25)14-19(22)4/h5-14H,15H2,1-4H3,(H,26,28). The van der Waals surface area contributed by atoms with Crippen LogP contribution in [0.2, 0.25) is 5.02 Å². The molecule has 0 saturated heterocycles. The van der Waals surface area contributed by atoms with Crippen molar-refractivity contribution in [1.29, 1.82) is 0 Å². The number of anilines is 2. The van der Waals surface area contributed by atoms with Gasteiger partial charge in [0.15, 0.2) is 0 Å². The first kappa shape index (κ1) is 22.8. The van der Waals surface area contributed by atoms with Crippen molar-refractivity contribution in [2.24, 2.45) is 0 Å². The van der Waals surface area contributed by atoms with Crippen molar-refractivity contribution >= 4 is 38.9 Å². The number of halogens is 1. The number of carbonyl (C=O) groups excluding carboxylic acids is 1. The van der Waals surface area contributed by atoms with Gasteiger partial charge in [-0.2, -0.15) is 0 Å². The molecule has 0 aliphatic carbocycles. The number of nitrogens with zero attached hydrogens (tertiary/aromatic N) is 1. The van der Waals surface area contributed by atoms with Gasteiger partial charge in [-0.1, -0.05) is 41.4 Å². The van der Waals surface area contributed by atoms with E-state index in [1.165, 1.54) is 4.31 Å². The fourth-order valence-electron chi connectivity index (χ4n) is 3.21. The van der Waals surface area contributed by atoms with Gasteiger partial charge in [0.2, 0.25) is 5.91 Å². The summed E-state index contributed by atoms with van der Waals surface area (Å²) in [5.74, 6) is -0.443.